The van der Waals surface area contributed by atoms with Crippen molar-refractivity contribution in [3.63, 3.8) is 0 Å². The number of carbonyl (C=O) groups is 2. The van der Waals surface area contributed by atoms with Crippen LogP contribution in [0.25, 0.3) is 0 Å². The zero-order valence-electron chi connectivity index (χ0n) is 17.8. The number of hydrogen-bond donors (Lipinski definition) is 0. The molecule has 3 aromatic rings. The van der Waals surface area contributed by atoms with E-state index in [0.29, 0.717) is 17.7 Å². The molecule has 6 nitrogen and oxygen atoms in total. The minimum absolute atomic E-state index is 0.377. The van der Waals surface area contributed by atoms with Crippen molar-refractivity contribution in [2.24, 2.45) is 5.10 Å². The van der Waals surface area contributed by atoms with Crippen LogP contribution >= 0.6 is 0 Å². The molecule has 0 spiro atoms. The van der Waals surface area contributed by atoms with Gasteiger partial charge in [-0.25, -0.2) is 9.80 Å². The summed E-state index contributed by atoms with van der Waals surface area (Å²) in [5, 5.41) is 5.92. The van der Waals surface area contributed by atoms with Crippen molar-refractivity contribution in [2.75, 3.05) is 6.61 Å². The first-order valence-corrected chi connectivity index (χ1v) is 10.2. The molecule has 1 atom stereocenters. The maximum Gasteiger partial charge on any atom is 0.338 e. The Bertz CT molecular complexity index is 1130. The zero-order valence-corrected chi connectivity index (χ0v) is 17.8. The van der Waals surface area contributed by atoms with E-state index in [1.165, 1.54) is 5.01 Å². The Balaban J connectivity index is 1.52. The monoisotopic (exact) mass is 416 g/mol. The lowest BCUT2D eigenvalue weighted by Gasteiger charge is -2.19. The normalized spacial score (nSPS) is 15.6. The van der Waals surface area contributed by atoms with Gasteiger partial charge in [0.15, 0.2) is 6.61 Å². The van der Waals surface area contributed by atoms with E-state index in [-0.39, 0.29) is 6.04 Å². The van der Waals surface area contributed by atoms with E-state index in [1.54, 1.807) is 24.5 Å². The highest BCUT2D eigenvalue weighted by Crippen LogP contribution is 2.33. The van der Waals surface area contributed by atoms with Crippen LogP contribution in [-0.2, 0) is 9.53 Å². The van der Waals surface area contributed by atoms with Gasteiger partial charge in [-0.15, -0.1) is 0 Å². The molecule has 2 aromatic carbocycles. The lowest BCUT2D eigenvalue weighted by molar-refractivity contribution is -0.136. The molecule has 31 heavy (non-hydrogen) atoms. The van der Waals surface area contributed by atoms with Crippen LogP contribution in [0.15, 0.2) is 70.4 Å². The van der Waals surface area contributed by atoms with Crippen LogP contribution in [0.1, 0.15) is 50.8 Å². The minimum atomic E-state index is -0.522. The Morgan fingerprint density at radius 2 is 1.84 bits per heavy atom. The predicted molar refractivity (Wildman–Crippen MR) is 117 cm³/mol. The highest BCUT2D eigenvalue weighted by Gasteiger charge is 2.35. The van der Waals surface area contributed by atoms with E-state index in [0.717, 1.165) is 28.0 Å². The summed E-state index contributed by atoms with van der Waals surface area (Å²) in [5.41, 5.74) is 5.18. The maximum atomic E-state index is 13.0. The molecule has 1 aliphatic heterocycles. The molecule has 0 fully saturated rings. The van der Waals surface area contributed by atoms with Crippen molar-refractivity contribution in [1.82, 2.24) is 5.01 Å². The third-order valence-electron chi connectivity index (χ3n) is 5.57. The number of hydrazone groups is 1. The van der Waals surface area contributed by atoms with Crippen molar-refractivity contribution in [3.8, 4) is 0 Å². The Hall–Kier alpha value is -3.67. The van der Waals surface area contributed by atoms with Crippen LogP contribution in [0.2, 0.25) is 0 Å². The van der Waals surface area contributed by atoms with Gasteiger partial charge in [0.25, 0.3) is 5.91 Å². The largest absolute Gasteiger partial charge is 0.467 e. The SMILES string of the molecule is Cc1ccc(C2=NN(C(=O)COC(=O)c3cccc(C)c3C)[C@H](c3ccco3)C2)cc1. The van der Waals surface area contributed by atoms with Gasteiger partial charge in [-0.1, -0.05) is 42.0 Å². The molecule has 0 saturated carbocycles. The number of nitrogens with zero attached hydrogens (tertiary/aromatic N) is 2. The summed E-state index contributed by atoms with van der Waals surface area (Å²) in [6.07, 6.45) is 2.09. The summed E-state index contributed by atoms with van der Waals surface area (Å²) in [5.74, 6) is -0.284. The van der Waals surface area contributed by atoms with Crippen LogP contribution in [-0.4, -0.2) is 29.2 Å². The van der Waals surface area contributed by atoms with Crippen molar-refractivity contribution < 1.29 is 18.7 Å². The van der Waals surface area contributed by atoms with Gasteiger partial charge in [-0.05, 0) is 55.7 Å². The second-order valence-corrected chi connectivity index (χ2v) is 7.71. The molecule has 6 heteroatoms. The van der Waals surface area contributed by atoms with Crippen molar-refractivity contribution >= 4 is 17.6 Å². The maximum absolute atomic E-state index is 13.0. The number of amides is 1. The van der Waals surface area contributed by atoms with Crippen molar-refractivity contribution in [2.45, 2.75) is 33.2 Å². The number of esters is 1. The average Bonchev–Trinajstić information content (AvgIpc) is 3.44. The second-order valence-electron chi connectivity index (χ2n) is 7.71. The number of carbonyl (C=O) groups excluding carboxylic acids is 2. The molecule has 1 amide bonds. The molecule has 1 aromatic heterocycles. The van der Waals surface area contributed by atoms with Gasteiger partial charge in [0, 0.05) is 6.42 Å². The molecule has 4 rings (SSSR count). The number of rotatable bonds is 5. The Labute approximate surface area is 181 Å². The van der Waals surface area contributed by atoms with Gasteiger partial charge in [-0.2, -0.15) is 5.10 Å². The third-order valence-corrected chi connectivity index (χ3v) is 5.57. The molecule has 0 N–H and O–H groups in total. The van der Waals surface area contributed by atoms with Crippen molar-refractivity contribution in [3.05, 3.63) is 94.4 Å². The van der Waals surface area contributed by atoms with E-state index < -0.39 is 18.5 Å². The van der Waals surface area contributed by atoms with Gasteiger partial charge in [-0.3, -0.25) is 4.79 Å². The van der Waals surface area contributed by atoms with Gasteiger partial charge in [0.1, 0.15) is 11.8 Å². The Morgan fingerprint density at radius 3 is 2.55 bits per heavy atom. The second kappa shape index (κ2) is 8.60. The van der Waals surface area contributed by atoms with E-state index in [2.05, 4.69) is 5.10 Å². The zero-order chi connectivity index (χ0) is 22.0. The van der Waals surface area contributed by atoms with Crippen molar-refractivity contribution in [1.29, 1.82) is 0 Å². The fourth-order valence-corrected chi connectivity index (χ4v) is 3.61. The first-order chi connectivity index (χ1) is 14.9. The summed E-state index contributed by atoms with van der Waals surface area (Å²) in [6, 6.07) is 16.6. The first kappa shape index (κ1) is 20.6. The van der Waals surface area contributed by atoms with E-state index in [4.69, 9.17) is 9.15 Å². The number of benzene rings is 2. The Morgan fingerprint density at radius 1 is 1.06 bits per heavy atom. The smallest absolute Gasteiger partial charge is 0.338 e. The Kier molecular flexibility index (Phi) is 5.71. The number of furan rings is 1. The molecular weight excluding hydrogens is 392 g/mol. The molecule has 0 bridgehead atoms. The van der Waals surface area contributed by atoms with Crippen LogP contribution < -0.4 is 0 Å². The standard InChI is InChI=1S/C25H24N2O4/c1-16-9-11-19(12-10-16)21-14-22(23-8-5-13-30-23)27(26-21)24(28)15-31-25(29)20-7-4-6-17(2)18(20)3/h4-13,22H,14-15H2,1-3H3/t22-/m0/s1. The van der Waals surface area contributed by atoms with E-state index >= 15 is 0 Å². The van der Waals surface area contributed by atoms with Gasteiger partial charge < -0.3 is 9.15 Å². The van der Waals surface area contributed by atoms with Gasteiger partial charge >= 0.3 is 5.97 Å². The third kappa shape index (κ3) is 4.28. The molecule has 158 valence electrons. The molecule has 0 aliphatic carbocycles. The quantitative estimate of drug-likeness (QED) is 0.563. The summed E-state index contributed by atoms with van der Waals surface area (Å²) < 4.78 is 10.9. The van der Waals surface area contributed by atoms with E-state index in [1.807, 2.05) is 57.2 Å². The summed E-state index contributed by atoms with van der Waals surface area (Å²) in [6.45, 7) is 5.41. The van der Waals surface area contributed by atoms with Gasteiger partial charge in [0.2, 0.25) is 0 Å². The summed E-state index contributed by atoms with van der Waals surface area (Å²) >= 11 is 0. The van der Waals surface area contributed by atoms with Crippen LogP contribution in [0.4, 0.5) is 0 Å². The van der Waals surface area contributed by atoms with Crippen LogP contribution in [0.5, 0.6) is 0 Å². The van der Waals surface area contributed by atoms with E-state index in [9.17, 15) is 9.59 Å². The topological polar surface area (TPSA) is 72.1 Å². The highest BCUT2D eigenvalue weighted by molar-refractivity contribution is 6.03. The fourth-order valence-electron chi connectivity index (χ4n) is 3.61. The van der Waals surface area contributed by atoms with Crippen LogP contribution in [0, 0.1) is 20.8 Å². The molecule has 2 heterocycles. The average molecular weight is 416 g/mol. The number of hydrogen-bond acceptors (Lipinski definition) is 5. The predicted octanol–water partition coefficient (Wildman–Crippen LogP) is 4.74. The molecule has 1 aliphatic rings. The molecule has 0 saturated heterocycles. The van der Waals surface area contributed by atoms with Gasteiger partial charge in [0.05, 0.1) is 17.5 Å². The van der Waals surface area contributed by atoms with Crippen LogP contribution in [0.3, 0.4) is 0 Å². The summed E-state index contributed by atoms with van der Waals surface area (Å²) in [4.78, 5) is 25.5. The highest BCUT2D eigenvalue weighted by atomic mass is 16.5. The first-order valence-electron chi connectivity index (χ1n) is 10.2. The summed E-state index contributed by atoms with van der Waals surface area (Å²) in [7, 11) is 0. The number of ether oxygens (including phenoxy) is 1. The molecule has 0 unspecified atom stereocenters. The number of aryl methyl sites for hydroxylation is 2. The fraction of sp³-hybridized carbons (Fsp3) is 0.240. The molecular formula is C25H24N2O4. The minimum Gasteiger partial charge on any atom is -0.467 e. The lowest BCUT2D eigenvalue weighted by Crippen LogP contribution is -2.31. The lowest BCUT2D eigenvalue weighted by atomic mass is 10.0. The molecule has 0 radical (unpaired) electrons.